The van der Waals surface area contributed by atoms with Crippen LogP contribution < -0.4 is 10.1 Å². The first-order valence-electron chi connectivity index (χ1n) is 8.11. The molecule has 0 heterocycles. The Balaban J connectivity index is 0.00000127. The van der Waals surface area contributed by atoms with E-state index in [-0.39, 0.29) is 5.91 Å². The van der Waals surface area contributed by atoms with E-state index < -0.39 is 0 Å². The monoisotopic (exact) mass is 379 g/mol. The van der Waals surface area contributed by atoms with Crippen LogP contribution in [0, 0.1) is 0 Å². The Morgan fingerprint density at radius 1 is 1.26 bits per heavy atom. The molecular formula is C19H26BrNO2. The van der Waals surface area contributed by atoms with Crippen LogP contribution in [0.4, 0.5) is 0 Å². The minimum absolute atomic E-state index is 0.0653. The first kappa shape index (κ1) is 19.5. The Bertz CT molecular complexity index is 564. The summed E-state index contributed by atoms with van der Waals surface area (Å²) in [6.45, 7) is 4.53. The Morgan fingerprint density at radius 3 is 2.78 bits per heavy atom. The van der Waals surface area contributed by atoms with Crippen molar-refractivity contribution in [3.8, 4) is 5.75 Å². The Morgan fingerprint density at radius 2 is 2.04 bits per heavy atom. The zero-order chi connectivity index (χ0) is 17.1. The number of hydrogen-bond acceptors (Lipinski definition) is 2. The van der Waals surface area contributed by atoms with E-state index in [0.717, 1.165) is 30.6 Å². The fraction of sp³-hybridized carbons (Fsp3) is 0.421. The third-order valence-electron chi connectivity index (χ3n) is 3.42. The second-order valence-corrected chi connectivity index (χ2v) is 6.12. The van der Waals surface area contributed by atoms with Crippen LogP contribution in [0.15, 0.2) is 46.5 Å². The maximum Gasteiger partial charge on any atom is 0.224 e. The van der Waals surface area contributed by atoms with Crippen molar-refractivity contribution in [2.24, 2.45) is 0 Å². The predicted molar refractivity (Wildman–Crippen MR) is 99.7 cm³/mol. The van der Waals surface area contributed by atoms with Crippen LogP contribution in [0.5, 0.6) is 5.75 Å². The van der Waals surface area contributed by atoms with E-state index in [1.54, 1.807) is 7.11 Å². The van der Waals surface area contributed by atoms with E-state index in [0.29, 0.717) is 13.0 Å². The average Bonchev–Trinajstić information content (AvgIpc) is 2.79. The summed E-state index contributed by atoms with van der Waals surface area (Å²) in [5.74, 6) is 0.874. The van der Waals surface area contributed by atoms with Crippen molar-refractivity contribution in [2.75, 3.05) is 7.11 Å². The van der Waals surface area contributed by atoms with Gasteiger partial charge in [-0.15, -0.1) is 0 Å². The summed E-state index contributed by atoms with van der Waals surface area (Å²) in [7, 11) is 1.64. The maximum absolute atomic E-state index is 12.0. The molecule has 3 nitrogen and oxygen atoms in total. The molecule has 0 aromatic heterocycles. The van der Waals surface area contributed by atoms with Gasteiger partial charge >= 0.3 is 0 Å². The Hall–Kier alpha value is -1.55. The van der Waals surface area contributed by atoms with Crippen LogP contribution >= 0.6 is 15.9 Å². The number of ether oxygens (including phenoxy) is 1. The molecular weight excluding hydrogens is 354 g/mol. The summed E-state index contributed by atoms with van der Waals surface area (Å²) in [5.41, 5.74) is 2.23. The molecule has 23 heavy (non-hydrogen) atoms. The van der Waals surface area contributed by atoms with Crippen molar-refractivity contribution < 1.29 is 9.53 Å². The van der Waals surface area contributed by atoms with Crippen molar-refractivity contribution >= 4 is 21.8 Å². The van der Waals surface area contributed by atoms with Crippen LogP contribution in [0.2, 0.25) is 0 Å². The number of hydrogen-bond donors (Lipinski definition) is 1. The molecule has 0 bridgehead atoms. The molecule has 0 saturated carbocycles. The van der Waals surface area contributed by atoms with Crippen LogP contribution in [0.25, 0.3) is 0 Å². The first-order valence-corrected chi connectivity index (χ1v) is 8.90. The average molecular weight is 380 g/mol. The second-order valence-electron chi connectivity index (χ2n) is 5.10. The lowest BCUT2D eigenvalue weighted by Crippen LogP contribution is -2.22. The molecule has 1 aromatic carbocycles. The molecule has 1 aromatic rings. The summed E-state index contributed by atoms with van der Waals surface area (Å²) in [4.78, 5) is 12.0. The van der Waals surface area contributed by atoms with Gasteiger partial charge in [0.25, 0.3) is 0 Å². The van der Waals surface area contributed by atoms with Gasteiger partial charge < -0.3 is 10.1 Å². The minimum Gasteiger partial charge on any atom is -0.497 e. The Labute approximate surface area is 147 Å². The lowest BCUT2D eigenvalue weighted by atomic mass is 10.1. The topological polar surface area (TPSA) is 38.3 Å². The zero-order valence-electron chi connectivity index (χ0n) is 14.2. The van der Waals surface area contributed by atoms with Gasteiger partial charge in [0.1, 0.15) is 5.75 Å². The van der Waals surface area contributed by atoms with E-state index in [4.69, 9.17) is 4.74 Å². The number of carbonyl (C=O) groups is 1. The smallest absolute Gasteiger partial charge is 0.224 e. The lowest BCUT2D eigenvalue weighted by molar-refractivity contribution is -0.120. The first-order chi connectivity index (χ1) is 11.2. The van der Waals surface area contributed by atoms with E-state index in [2.05, 4.69) is 33.4 Å². The van der Waals surface area contributed by atoms with Gasteiger partial charge in [-0.25, -0.2) is 0 Å². The third kappa shape index (κ3) is 7.51. The molecule has 1 amide bonds. The van der Waals surface area contributed by atoms with Crippen LogP contribution in [0.3, 0.4) is 0 Å². The summed E-state index contributed by atoms with van der Waals surface area (Å²) < 4.78 is 6.38. The Kier molecular flexibility index (Phi) is 9.37. The molecule has 0 saturated heterocycles. The normalized spacial score (nSPS) is 13.7. The molecule has 0 aliphatic heterocycles. The number of amides is 1. The summed E-state index contributed by atoms with van der Waals surface area (Å²) in [5, 5.41) is 2.96. The number of methoxy groups -OCH3 is 1. The standard InChI is InChI=1S/C17H20BrNO2.C2H6/c1-21-16-7-3-5-14(10-16)12-19-17(20)11-13-4-2-6-15(18)9-8-13;1-2/h3,5,7-10H,2,4,6,11-12H2,1H3,(H,19,20);1-2H3. The molecule has 0 unspecified atom stereocenters. The molecule has 0 fully saturated rings. The molecule has 0 radical (unpaired) electrons. The molecule has 1 N–H and O–H groups in total. The van der Waals surface area contributed by atoms with Gasteiger partial charge in [-0.1, -0.05) is 59.6 Å². The van der Waals surface area contributed by atoms with Crippen molar-refractivity contribution in [1.82, 2.24) is 5.32 Å². The van der Waals surface area contributed by atoms with Crippen molar-refractivity contribution in [3.63, 3.8) is 0 Å². The molecule has 0 atom stereocenters. The largest absolute Gasteiger partial charge is 0.497 e. The van der Waals surface area contributed by atoms with Gasteiger partial charge in [0.2, 0.25) is 5.91 Å². The van der Waals surface area contributed by atoms with Crippen LogP contribution in [-0.2, 0) is 11.3 Å². The van der Waals surface area contributed by atoms with Crippen molar-refractivity contribution in [1.29, 1.82) is 0 Å². The van der Waals surface area contributed by atoms with Gasteiger partial charge in [-0.05, 0) is 41.4 Å². The van der Waals surface area contributed by atoms with E-state index in [9.17, 15) is 4.79 Å². The quantitative estimate of drug-likeness (QED) is 0.770. The molecule has 1 aliphatic carbocycles. The molecule has 0 spiro atoms. The zero-order valence-corrected chi connectivity index (χ0v) is 15.8. The van der Waals surface area contributed by atoms with Gasteiger partial charge in [0.05, 0.1) is 7.11 Å². The van der Waals surface area contributed by atoms with Gasteiger partial charge in [-0.2, -0.15) is 0 Å². The van der Waals surface area contributed by atoms with Crippen LogP contribution in [-0.4, -0.2) is 13.0 Å². The fourth-order valence-corrected chi connectivity index (χ4v) is 2.67. The molecule has 126 valence electrons. The highest BCUT2D eigenvalue weighted by atomic mass is 79.9. The molecule has 4 heteroatoms. The summed E-state index contributed by atoms with van der Waals surface area (Å²) in [6, 6.07) is 7.74. The number of halogens is 1. The van der Waals surface area contributed by atoms with Crippen LogP contribution in [0.1, 0.15) is 45.1 Å². The summed E-state index contributed by atoms with van der Waals surface area (Å²) >= 11 is 3.51. The molecule has 2 rings (SSSR count). The number of allylic oxidation sites excluding steroid dienone is 3. The highest BCUT2D eigenvalue weighted by molar-refractivity contribution is 9.11. The lowest BCUT2D eigenvalue weighted by Gasteiger charge is -2.08. The highest BCUT2D eigenvalue weighted by Gasteiger charge is 2.08. The van der Waals surface area contributed by atoms with Gasteiger partial charge in [0, 0.05) is 13.0 Å². The van der Waals surface area contributed by atoms with E-state index in [1.807, 2.05) is 38.1 Å². The predicted octanol–water partition coefficient (Wildman–Crippen LogP) is 5.12. The van der Waals surface area contributed by atoms with Gasteiger partial charge in [-0.3, -0.25) is 4.79 Å². The SMILES string of the molecule is CC.COc1cccc(CNC(=O)CC2=CC=C(Br)CCC2)c1. The highest BCUT2D eigenvalue weighted by Crippen LogP contribution is 2.23. The van der Waals surface area contributed by atoms with Crippen molar-refractivity contribution in [3.05, 3.63) is 52.0 Å². The number of rotatable bonds is 5. The second kappa shape index (κ2) is 11.1. The van der Waals surface area contributed by atoms with Crippen molar-refractivity contribution in [2.45, 2.75) is 46.1 Å². The fourth-order valence-electron chi connectivity index (χ4n) is 2.26. The molecule has 1 aliphatic rings. The van der Waals surface area contributed by atoms with E-state index in [1.165, 1.54) is 10.1 Å². The number of carbonyl (C=O) groups excluding carboxylic acids is 1. The number of nitrogens with one attached hydrogen (secondary N) is 1. The number of benzene rings is 1. The van der Waals surface area contributed by atoms with E-state index >= 15 is 0 Å². The van der Waals surface area contributed by atoms with Gasteiger partial charge in [0.15, 0.2) is 0 Å². The summed E-state index contributed by atoms with van der Waals surface area (Å²) in [6.07, 6.45) is 7.70. The minimum atomic E-state index is 0.0653. The third-order valence-corrected chi connectivity index (χ3v) is 4.09. The maximum atomic E-state index is 12.0.